The highest BCUT2D eigenvalue weighted by Crippen LogP contribution is 2.31. The molecule has 8 heteroatoms. The number of hydrogen-bond donors (Lipinski definition) is 1. The van der Waals surface area contributed by atoms with Crippen molar-refractivity contribution >= 4 is 16.0 Å². The zero-order chi connectivity index (χ0) is 16.3. The molecule has 0 saturated carbocycles. The lowest BCUT2D eigenvalue weighted by Gasteiger charge is -2.25. The first kappa shape index (κ1) is 16.3. The lowest BCUT2D eigenvalue weighted by molar-refractivity contribution is -0.132. The summed E-state index contributed by atoms with van der Waals surface area (Å²) in [6.45, 7) is 0.0967. The maximum Gasteiger partial charge on any atom is 0.332 e. The smallest absolute Gasteiger partial charge is 0.332 e. The largest absolute Gasteiger partial charge is 0.493 e. The molecule has 1 heterocycles. The molecule has 0 aromatic heterocycles. The van der Waals surface area contributed by atoms with Gasteiger partial charge in [0.2, 0.25) is 10.0 Å². The monoisotopic (exact) mass is 327 g/mol. The summed E-state index contributed by atoms with van der Waals surface area (Å²) < 4.78 is 36.6. The van der Waals surface area contributed by atoms with Crippen molar-refractivity contribution < 1.29 is 27.8 Å². The van der Waals surface area contributed by atoms with Crippen molar-refractivity contribution in [2.75, 3.05) is 27.3 Å². The molecule has 0 fully saturated rings. The van der Waals surface area contributed by atoms with Gasteiger partial charge in [0.1, 0.15) is 0 Å². The Hall–Kier alpha value is -2.06. The average molecular weight is 327 g/mol. The highest BCUT2D eigenvalue weighted by molar-refractivity contribution is 7.89. The molecule has 1 aromatic rings. The first-order chi connectivity index (χ1) is 10.4. The van der Waals surface area contributed by atoms with Crippen LogP contribution in [0, 0.1) is 0 Å². The molecule has 0 aliphatic carbocycles. The maximum atomic E-state index is 12.6. The van der Waals surface area contributed by atoms with Gasteiger partial charge < -0.3 is 14.6 Å². The van der Waals surface area contributed by atoms with Gasteiger partial charge in [-0.05, 0) is 18.6 Å². The van der Waals surface area contributed by atoms with Crippen LogP contribution in [0.2, 0.25) is 0 Å². The van der Waals surface area contributed by atoms with Gasteiger partial charge in [0, 0.05) is 24.7 Å². The highest BCUT2D eigenvalue weighted by atomic mass is 32.2. The van der Waals surface area contributed by atoms with Crippen molar-refractivity contribution in [3.8, 4) is 11.5 Å². The SMILES string of the molecule is COc1ccc(S(=O)(=O)N2CCC=C(C(=O)O)C2)cc1OC. The number of rotatable bonds is 5. The van der Waals surface area contributed by atoms with Crippen molar-refractivity contribution in [3.05, 3.63) is 29.8 Å². The van der Waals surface area contributed by atoms with E-state index in [0.29, 0.717) is 17.9 Å². The number of carbonyl (C=O) groups is 1. The predicted octanol–water partition coefficient (Wildman–Crippen LogP) is 1.11. The van der Waals surface area contributed by atoms with E-state index in [1.54, 1.807) is 6.08 Å². The summed E-state index contributed by atoms with van der Waals surface area (Å²) in [6.07, 6.45) is 1.91. The molecule has 7 nitrogen and oxygen atoms in total. The maximum absolute atomic E-state index is 12.6. The summed E-state index contributed by atoms with van der Waals surface area (Å²) in [5.41, 5.74) is 0.0790. The molecule has 0 unspecified atom stereocenters. The average Bonchev–Trinajstić information content (AvgIpc) is 2.54. The molecule has 1 N–H and O–H groups in total. The Labute approximate surface area is 128 Å². The van der Waals surface area contributed by atoms with Gasteiger partial charge in [-0.15, -0.1) is 0 Å². The predicted molar refractivity (Wildman–Crippen MR) is 78.6 cm³/mol. The van der Waals surface area contributed by atoms with Crippen LogP contribution in [0.1, 0.15) is 6.42 Å². The van der Waals surface area contributed by atoms with Crippen molar-refractivity contribution in [1.82, 2.24) is 4.31 Å². The lowest BCUT2D eigenvalue weighted by atomic mass is 10.1. The van der Waals surface area contributed by atoms with Crippen molar-refractivity contribution in [2.24, 2.45) is 0 Å². The van der Waals surface area contributed by atoms with E-state index in [0.717, 1.165) is 4.31 Å². The van der Waals surface area contributed by atoms with Gasteiger partial charge in [-0.25, -0.2) is 13.2 Å². The Bertz CT molecular complexity index is 710. The Morgan fingerprint density at radius 1 is 1.23 bits per heavy atom. The van der Waals surface area contributed by atoms with Gasteiger partial charge in [-0.3, -0.25) is 0 Å². The van der Waals surface area contributed by atoms with Crippen molar-refractivity contribution in [2.45, 2.75) is 11.3 Å². The molecule has 2 rings (SSSR count). The van der Waals surface area contributed by atoms with Gasteiger partial charge >= 0.3 is 5.97 Å². The molecule has 0 bridgehead atoms. The van der Waals surface area contributed by atoms with Gasteiger partial charge in [0.25, 0.3) is 0 Å². The summed E-state index contributed by atoms with van der Waals surface area (Å²) in [5, 5.41) is 9.02. The summed E-state index contributed by atoms with van der Waals surface area (Å²) in [5.74, 6) is -0.381. The molecule has 0 spiro atoms. The number of aliphatic carboxylic acids is 1. The van der Waals surface area contributed by atoms with Gasteiger partial charge in [-0.2, -0.15) is 4.31 Å². The van der Waals surface area contributed by atoms with Crippen LogP contribution in [0.15, 0.2) is 34.7 Å². The van der Waals surface area contributed by atoms with E-state index in [1.807, 2.05) is 0 Å². The second kappa shape index (κ2) is 6.37. The van der Waals surface area contributed by atoms with E-state index < -0.39 is 16.0 Å². The lowest BCUT2D eigenvalue weighted by Crippen LogP contribution is -2.37. The number of sulfonamides is 1. The Balaban J connectivity index is 2.35. The standard InChI is InChI=1S/C14H17NO6S/c1-20-12-6-5-11(8-13(12)21-2)22(18,19)15-7-3-4-10(9-15)14(16)17/h4-6,8H,3,7,9H2,1-2H3,(H,16,17). The van der Waals surface area contributed by atoms with Gasteiger partial charge in [0.05, 0.1) is 19.1 Å². The second-order valence-electron chi connectivity index (χ2n) is 4.68. The van der Waals surface area contributed by atoms with E-state index in [-0.39, 0.29) is 23.6 Å². The molecular formula is C14H17NO6S. The fraction of sp³-hybridized carbons (Fsp3) is 0.357. The van der Waals surface area contributed by atoms with E-state index in [2.05, 4.69) is 0 Å². The zero-order valence-corrected chi connectivity index (χ0v) is 13.1. The van der Waals surface area contributed by atoms with Crippen LogP contribution in [0.4, 0.5) is 0 Å². The third kappa shape index (κ3) is 3.07. The van der Waals surface area contributed by atoms with Crippen molar-refractivity contribution in [1.29, 1.82) is 0 Å². The Morgan fingerprint density at radius 3 is 2.50 bits per heavy atom. The van der Waals surface area contributed by atoms with Crippen LogP contribution in [-0.2, 0) is 14.8 Å². The van der Waals surface area contributed by atoms with Crippen LogP contribution in [-0.4, -0.2) is 51.1 Å². The number of hydrogen-bond acceptors (Lipinski definition) is 5. The molecule has 1 aliphatic heterocycles. The topological polar surface area (TPSA) is 93.1 Å². The summed E-state index contributed by atoms with van der Waals surface area (Å²) in [4.78, 5) is 11.1. The van der Waals surface area contributed by atoms with Crippen LogP contribution in [0.3, 0.4) is 0 Å². The molecule has 0 amide bonds. The second-order valence-corrected chi connectivity index (χ2v) is 6.62. The number of ether oxygens (including phenoxy) is 2. The minimum Gasteiger partial charge on any atom is -0.493 e. The normalized spacial score (nSPS) is 16.0. The third-order valence-corrected chi connectivity index (χ3v) is 5.22. The zero-order valence-electron chi connectivity index (χ0n) is 12.3. The summed E-state index contributed by atoms with van der Waals surface area (Å²) >= 11 is 0. The number of carboxylic acid groups (broad SMARTS) is 1. The molecule has 1 aromatic carbocycles. The van der Waals surface area contributed by atoms with Crippen molar-refractivity contribution in [3.63, 3.8) is 0 Å². The van der Waals surface area contributed by atoms with E-state index in [9.17, 15) is 13.2 Å². The first-order valence-electron chi connectivity index (χ1n) is 6.54. The van der Waals surface area contributed by atoms with Crippen LogP contribution in [0.25, 0.3) is 0 Å². The van der Waals surface area contributed by atoms with Crippen LogP contribution >= 0.6 is 0 Å². The summed E-state index contributed by atoms with van der Waals surface area (Å²) in [6, 6.07) is 4.28. The minimum absolute atomic E-state index is 0.0387. The van der Waals surface area contributed by atoms with Gasteiger partial charge in [0.15, 0.2) is 11.5 Å². The highest BCUT2D eigenvalue weighted by Gasteiger charge is 2.29. The number of benzene rings is 1. The number of methoxy groups -OCH3 is 2. The third-order valence-electron chi connectivity index (χ3n) is 3.38. The number of carboxylic acids is 1. The minimum atomic E-state index is -3.79. The van der Waals surface area contributed by atoms with Crippen LogP contribution < -0.4 is 9.47 Å². The van der Waals surface area contributed by atoms with E-state index >= 15 is 0 Å². The molecule has 0 saturated heterocycles. The Morgan fingerprint density at radius 2 is 1.91 bits per heavy atom. The first-order valence-corrected chi connectivity index (χ1v) is 7.98. The van der Waals surface area contributed by atoms with Crippen LogP contribution in [0.5, 0.6) is 11.5 Å². The quantitative estimate of drug-likeness (QED) is 0.871. The van der Waals surface area contributed by atoms with Gasteiger partial charge in [-0.1, -0.05) is 6.08 Å². The fourth-order valence-corrected chi connectivity index (χ4v) is 3.65. The molecule has 0 radical (unpaired) electrons. The summed E-state index contributed by atoms with van der Waals surface area (Å²) in [7, 11) is -0.916. The molecule has 0 atom stereocenters. The van der Waals surface area contributed by atoms with E-state index in [4.69, 9.17) is 14.6 Å². The molecule has 120 valence electrons. The molecular weight excluding hydrogens is 310 g/mol. The molecule has 1 aliphatic rings. The van der Waals surface area contributed by atoms with E-state index in [1.165, 1.54) is 32.4 Å². The molecule has 22 heavy (non-hydrogen) atoms. The fourth-order valence-electron chi connectivity index (χ4n) is 2.20. The Kier molecular flexibility index (Phi) is 4.72. The number of nitrogens with zero attached hydrogens (tertiary/aromatic N) is 1.